The summed E-state index contributed by atoms with van der Waals surface area (Å²) in [6.45, 7) is 5.38. The van der Waals surface area contributed by atoms with Crippen LogP contribution in [0.1, 0.15) is 37.8 Å². The molecule has 2 unspecified atom stereocenters. The van der Waals surface area contributed by atoms with Crippen molar-refractivity contribution in [3.05, 3.63) is 46.2 Å². The number of carbonyl (C=O) groups is 3. The van der Waals surface area contributed by atoms with Gasteiger partial charge in [0.15, 0.2) is 11.4 Å². The van der Waals surface area contributed by atoms with E-state index in [-0.39, 0.29) is 24.2 Å². The molecule has 3 aliphatic rings. The molecule has 5 N–H and O–H groups in total. The Bertz CT molecular complexity index is 1070. The molecule has 164 valence electrons. The number of aliphatic hydroxyl groups excluding tert-OH is 2. The molecule has 4 rings (SSSR count). The van der Waals surface area contributed by atoms with Gasteiger partial charge in [-0.1, -0.05) is 12.1 Å². The molecule has 0 radical (unpaired) electrons. The summed E-state index contributed by atoms with van der Waals surface area (Å²) in [7, 11) is 0. The molecule has 8 heteroatoms. The minimum Gasteiger partial charge on any atom is -0.508 e. The average Bonchev–Trinajstić information content (AvgIpc) is 2.71. The van der Waals surface area contributed by atoms with E-state index in [9.17, 15) is 29.7 Å². The number of nitrogens with zero attached hydrogens (tertiary/aromatic N) is 1. The Balaban J connectivity index is 1.91. The standard InChI is InChI=1S/C23H26N2O6/c1-3-25(4-2)14-7-5-6-11-8-12-9-13-10-15(26)18(22(24)30)21(29)23(13,31)20(28)17(12)19(27)16(11)14/h5-7,12-13,27,29,31H,3-4,8-10H2,1-2H3,(H2,24,30)/t12?,13?,23-/m0/s1. The molecule has 31 heavy (non-hydrogen) atoms. The van der Waals surface area contributed by atoms with E-state index in [1.54, 1.807) is 0 Å². The van der Waals surface area contributed by atoms with E-state index >= 15 is 0 Å². The lowest BCUT2D eigenvalue weighted by atomic mass is 9.59. The lowest BCUT2D eigenvalue weighted by Crippen LogP contribution is -2.58. The zero-order chi connectivity index (χ0) is 22.7. The van der Waals surface area contributed by atoms with Gasteiger partial charge in [0.1, 0.15) is 17.1 Å². The SMILES string of the molecule is CCN(CC)c1cccc2c1C(O)=C1C(=O)[C@]3(O)C(O)=C(C(N)=O)C(=O)CC3CC1C2. The summed E-state index contributed by atoms with van der Waals surface area (Å²) in [5, 5.41) is 33.1. The van der Waals surface area contributed by atoms with Crippen LogP contribution in [0.25, 0.3) is 5.76 Å². The first-order chi connectivity index (χ1) is 14.7. The van der Waals surface area contributed by atoms with Crippen LogP contribution in [0.4, 0.5) is 5.69 Å². The van der Waals surface area contributed by atoms with Crippen molar-refractivity contribution in [2.45, 2.75) is 38.7 Å². The summed E-state index contributed by atoms with van der Waals surface area (Å²) < 4.78 is 0. The van der Waals surface area contributed by atoms with E-state index < -0.39 is 46.2 Å². The molecule has 3 aliphatic carbocycles. The zero-order valence-electron chi connectivity index (χ0n) is 17.5. The highest BCUT2D eigenvalue weighted by molar-refractivity contribution is 6.22. The quantitative estimate of drug-likeness (QED) is 0.536. The second kappa shape index (κ2) is 7.23. The van der Waals surface area contributed by atoms with E-state index in [2.05, 4.69) is 4.90 Å². The number of Topliss-reactive ketones (excluding diaryl/α,β-unsaturated/α-hetero) is 2. The summed E-state index contributed by atoms with van der Waals surface area (Å²) in [6, 6.07) is 5.67. The molecule has 0 aromatic heterocycles. The molecular weight excluding hydrogens is 400 g/mol. The predicted octanol–water partition coefficient (Wildman–Crippen LogP) is 1.56. The second-order valence-corrected chi connectivity index (χ2v) is 8.39. The van der Waals surface area contributed by atoms with Crippen LogP contribution in [0.5, 0.6) is 0 Å². The molecular formula is C23H26N2O6. The smallest absolute Gasteiger partial charge is 0.255 e. The van der Waals surface area contributed by atoms with Crippen LogP contribution in [0, 0.1) is 11.8 Å². The molecule has 1 fully saturated rings. The van der Waals surface area contributed by atoms with Crippen molar-refractivity contribution in [3.63, 3.8) is 0 Å². The van der Waals surface area contributed by atoms with E-state index in [0.717, 1.165) is 11.3 Å². The molecule has 0 heterocycles. The first-order valence-corrected chi connectivity index (χ1v) is 10.5. The van der Waals surface area contributed by atoms with Crippen molar-refractivity contribution in [1.29, 1.82) is 0 Å². The normalized spacial score (nSPS) is 27.6. The van der Waals surface area contributed by atoms with Gasteiger partial charge >= 0.3 is 0 Å². The fraction of sp³-hybridized carbons (Fsp3) is 0.435. The lowest BCUT2D eigenvalue weighted by molar-refractivity contribution is -0.147. The van der Waals surface area contributed by atoms with Gasteiger partial charge in [-0.2, -0.15) is 0 Å². The third-order valence-electron chi connectivity index (χ3n) is 6.90. The topological polar surface area (TPSA) is 141 Å². The Hall–Kier alpha value is -3.13. The minimum absolute atomic E-state index is 0.0237. The maximum atomic E-state index is 13.5. The van der Waals surface area contributed by atoms with Crippen molar-refractivity contribution in [1.82, 2.24) is 0 Å². The first-order valence-electron chi connectivity index (χ1n) is 10.5. The van der Waals surface area contributed by atoms with Crippen molar-refractivity contribution in [2.75, 3.05) is 18.0 Å². The van der Waals surface area contributed by atoms with Gasteiger partial charge in [0, 0.05) is 42.3 Å². The number of hydrogen-bond donors (Lipinski definition) is 4. The zero-order valence-corrected chi connectivity index (χ0v) is 17.5. The number of aliphatic hydroxyl groups is 3. The molecule has 3 atom stereocenters. The molecule has 1 aromatic rings. The highest BCUT2D eigenvalue weighted by atomic mass is 16.3. The third kappa shape index (κ3) is 2.81. The Morgan fingerprint density at radius 3 is 2.48 bits per heavy atom. The molecule has 0 bridgehead atoms. The van der Waals surface area contributed by atoms with Crippen LogP contribution in [0.2, 0.25) is 0 Å². The van der Waals surface area contributed by atoms with Gasteiger partial charge in [0.05, 0.1) is 0 Å². The summed E-state index contributed by atoms with van der Waals surface area (Å²) in [5.74, 6) is -5.30. The maximum absolute atomic E-state index is 13.5. The van der Waals surface area contributed by atoms with Crippen molar-refractivity contribution < 1.29 is 29.7 Å². The van der Waals surface area contributed by atoms with Gasteiger partial charge in [0.2, 0.25) is 5.78 Å². The van der Waals surface area contributed by atoms with Gasteiger partial charge in [-0.05, 0) is 44.2 Å². The van der Waals surface area contributed by atoms with E-state index in [1.165, 1.54) is 0 Å². The highest BCUT2D eigenvalue weighted by Gasteiger charge is 2.60. The number of primary amides is 1. The molecule has 8 nitrogen and oxygen atoms in total. The van der Waals surface area contributed by atoms with Crippen LogP contribution in [-0.4, -0.2) is 51.5 Å². The van der Waals surface area contributed by atoms with Crippen molar-refractivity contribution >= 4 is 28.9 Å². The number of fused-ring (bicyclic) bond motifs is 3. The first kappa shape index (κ1) is 21.1. The highest BCUT2D eigenvalue weighted by Crippen LogP contribution is 2.51. The number of hydrogen-bond acceptors (Lipinski definition) is 7. The minimum atomic E-state index is -2.46. The van der Waals surface area contributed by atoms with Gasteiger partial charge in [-0.25, -0.2) is 0 Å². The maximum Gasteiger partial charge on any atom is 0.255 e. The number of carbonyl (C=O) groups excluding carboxylic acids is 3. The van der Waals surface area contributed by atoms with E-state index in [0.29, 0.717) is 25.1 Å². The molecule has 0 aliphatic heterocycles. The number of rotatable bonds is 4. The summed E-state index contributed by atoms with van der Waals surface area (Å²) in [6.07, 6.45) is 0.392. The molecule has 1 aromatic carbocycles. The van der Waals surface area contributed by atoms with Crippen molar-refractivity contribution in [2.24, 2.45) is 17.6 Å². The van der Waals surface area contributed by atoms with Gasteiger partial charge in [0.25, 0.3) is 5.91 Å². The van der Waals surface area contributed by atoms with Gasteiger partial charge in [-0.3, -0.25) is 14.4 Å². The monoisotopic (exact) mass is 426 g/mol. The predicted molar refractivity (Wildman–Crippen MR) is 113 cm³/mol. The van der Waals surface area contributed by atoms with Gasteiger partial charge < -0.3 is 26.0 Å². The van der Waals surface area contributed by atoms with E-state index in [4.69, 9.17) is 5.73 Å². The number of benzene rings is 1. The lowest BCUT2D eigenvalue weighted by Gasteiger charge is -2.46. The van der Waals surface area contributed by atoms with Gasteiger partial charge in [-0.15, -0.1) is 0 Å². The molecule has 1 amide bonds. The third-order valence-corrected chi connectivity index (χ3v) is 6.90. The summed E-state index contributed by atoms with van der Waals surface area (Å²) in [4.78, 5) is 39.6. The Kier molecular flexibility index (Phi) is 4.93. The molecule has 0 saturated heterocycles. The number of anilines is 1. The number of amides is 1. The number of ketones is 2. The van der Waals surface area contributed by atoms with E-state index in [1.807, 2.05) is 32.0 Å². The fourth-order valence-electron chi connectivity index (χ4n) is 5.39. The molecule has 1 saturated carbocycles. The largest absolute Gasteiger partial charge is 0.508 e. The summed E-state index contributed by atoms with van der Waals surface area (Å²) >= 11 is 0. The average molecular weight is 426 g/mol. The van der Waals surface area contributed by atoms with Crippen LogP contribution >= 0.6 is 0 Å². The molecule has 0 spiro atoms. The summed E-state index contributed by atoms with van der Waals surface area (Å²) in [5.41, 5.74) is 4.24. The van der Waals surface area contributed by atoms with Crippen molar-refractivity contribution in [3.8, 4) is 0 Å². The number of nitrogens with two attached hydrogens (primary N) is 1. The van der Waals surface area contributed by atoms with Crippen LogP contribution in [-0.2, 0) is 20.8 Å². The fourth-order valence-corrected chi connectivity index (χ4v) is 5.39. The Labute approximate surface area is 179 Å². The second-order valence-electron chi connectivity index (χ2n) is 8.39. The Morgan fingerprint density at radius 2 is 1.87 bits per heavy atom. The Morgan fingerprint density at radius 1 is 1.19 bits per heavy atom. The van der Waals surface area contributed by atoms with Crippen LogP contribution in [0.3, 0.4) is 0 Å². The van der Waals surface area contributed by atoms with Crippen LogP contribution < -0.4 is 10.6 Å². The van der Waals surface area contributed by atoms with Crippen LogP contribution in [0.15, 0.2) is 35.1 Å².